The Kier molecular flexibility index (Phi) is 4.31. The molecule has 0 aromatic heterocycles. The minimum absolute atomic E-state index is 0.280. The third-order valence-electron chi connectivity index (χ3n) is 2.03. The lowest BCUT2D eigenvalue weighted by molar-refractivity contribution is 0.561. The lowest BCUT2D eigenvalue weighted by Crippen LogP contribution is -2.06. The molecule has 1 heteroatoms. The highest BCUT2D eigenvalue weighted by Crippen LogP contribution is 2.15. The Bertz CT molecular complexity index is 228. The van der Waals surface area contributed by atoms with Gasteiger partial charge in [0.25, 0.3) is 0 Å². The number of rotatable bonds is 4. The van der Waals surface area contributed by atoms with Crippen molar-refractivity contribution >= 4 is 11.6 Å². The third kappa shape index (κ3) is 4.33. The molecule has 0 bridgehead atoms. The van der Waals surface area contributed by atoms with Crippen molar-refractivity contribution in [2.45, 2.75) is 32.1 Å². The summed E-state index contributed by atoms with van der Waals surface area (Å²) in [5, 5.41) is 0.280. The standard InChI is InChI=1S/C12H17Cl/c1-10(2)8-12(13)9-11-6-4-3-5-7-11/h3-7,10,12H,8-9H2,1-2H3. The molecule has 1 aromatic carbocycles. The van der Waals surface area contributed by atoms with Crippen molar-refractivity contribution in [1.82, 2.24) is 0 Å². The van der Waals surface area contributed by atoms with Gasteiger partial charge in [0.1, 0.15) is 0 Å². The Morgan fingerprint density at radius 3 is 2.31 bits per heavy atom. The fourth-order valence-corrected chi connectivity index (χ4v) is 2.00. The Balaban J connectivity index is 2.41. The van der Waals surface area contributed by atoms with Gasteiger partial charge in [-0.15, -0.1) is 11.6 Å². The highest BCUT2D eigenvalue weighted by atomic mass is 35.5. The number of hydrogen-bond donors (Lipinski definition) is 0. The Labute approximate surface area is 85.9 Å². The molecule has 0 saturated carbocycles. The van der Waals surface area contributed by atoms with Crippen LogP contribution >= 0.6 is 11.6 Å². The van der Waals surface area contributed by atoms with Crippen LogP contribution in [0.15, 0.2) is 30.3 Å². The van der Waals surface area contributed by atoms with Crippen molar-refractivity contribution in [3.05, 3.63) is 35.9 Å². The Hall–Kier alpha value is -0.490. The van der Waals surface area contributed by atoms with Gasteiger partial charge >= 0.3 is 0 Å². The summed E-state index contributed by atoms with van der Waals surface area (Å²) < 4.78 is 0. The highest BCUT2D eigenvalue weighted by molar-refractivity contribution is 6.20. The fraction of sp³-hybridized carbons (Fsp3) is 0.500. The Morgan fingerprint density at radius 1 is 1.15 bits per heavy atom. The second-order valence-electron chi connectivity index (χ2n) is 3.92. The van der Waals surface area contributed by atoms with Crippen LogP contribution in [0.1, 0.15) is 25.8 Å². The molecule has 0 aliphatic rings. The summed E-state index contributed by atoms with van der Waals surface area (Å²) in [6.45, 7) is 4.42. The van der Waals surface area contributed by atoms with Crippen molar-refractivity contribution in [3.8, 4) is 0 Å². The maximum absolute atomic E-state index is 6.21. The monoisotopic (exact) mass is 196 g/mol. The number of hydrogen-bond acceptors (Lipinski definition) is 0. The van der Waals surface area contributed by atoms with E-state index in [1.807, 2.05) is 6.07 Å². The largest absolute Gasteiger partial charge is 0.123 e. The first-order valence-electron chi connectivity index (χ1n) is 4.86. The van der Waals surface area contributed by atoms with Crippen LogP contribution in [0.3, 0.4) is 0 Å². The molecule has 13 heavy (non-hydrogen) atoms. The molecule has 1 rings (SSSR count). The van der Waals surface area contributed by atoms with E-state index < -0.39 is 0 Å². The van der Waals surface area contributed by atoms with E-state index in [0.29, 0.717) is 5.92 Å². The van der Waals surface area contributed by atoms with Crippen molar-refractivity contribution in [2.75, 3.05) is 0 Å². The topological polar surface area (TPSA) is 0 Å². The van der Waals surface area contributed by atoms with Crippen molar-refractivity contribution < 1.29 is 0 Å². The first-order valence-corrected chi connectivity index (χ1v) is 5.30. The molecule has 1 unspecified atom stereocenters. The van der Waals surface area contributed by atoms with Crippen LogP contribution in [0.5, 0.6) is 0 Å². The average molecular weight is 197 g/mol. The summed E-state index contributed by atoms with van der Waals surface area (Å²) in [6.07, 6.45) is 2.08. The van der Waals surface area contributed by atoms with E-state index in [0.717, 1.165) is 12.8 Å². The summed E-state index contributed by atoms with van der Waals surface area (Å²) in [4.78, 5) is 0. The van der Waals surface area contributed by atoms with Gasteiger partial charge in [0.15, 0.2) is 0 Å². The zero-order chi connectivity index (χ0) is 9.68. The molecular formula is C12H17Cl. The van der Waals surface area contributed by atoms with E-state index >= 15 is 0 Å². The number of benzene rings is 1. The predicted molar refractivity (Wildman–Crippen MR) is 59.2 cm³/mol. The van der Waals surface area contributed by atoms with Crippen LogP contribution in [-0.2, 0) is 6.42 Å². The molecule has 0 saturated heterocycles. The van der Waals surface area contributed by atoms with E-state index in [2.05, 4.69) is 38.1 Å². The van der Waals surface area contributed by atoms with Crippen LogP contribution < -0.4 is 0 Å². The molecule has 72 valence electrons. The van der Waals surface area contributed by atoms with Gasteiger partial charge < -0.3 is 0 Å². The van der Waals surface area contributed by atoms with Gasteiger partial charge in [0.2, 0.25) is 0 Å². The van der Waals surface area contributed by atoms with Crippen LogP contribution in [0, 0.1) is 5.92 Å². The molecule has 0 nitrogen and oxygen atoms in total. The van der Waals surface area contributed by atoms with Gasteiger partial charge in [-0.05, 0) is 24.3 Å². The van der Waals surface area contributed by atoms with Gasteiger partial charge in [-0.3, -0.25) is 0 Å². The molecule has 0 fully saturated rings. The second kappa shape index (κ2) is 5.29. The SMILES string of the molecule is CC(C)CC(Cl)Cc1ccccc1. The van der Waals surface area contributed by atoms with E-state index in [1.54, 1.807) is 0 Å². The first-order chi connectivity index (χ1) is 6.18. The molecule has 1 aromatic rings. The molecule has 0 aliphatic heterocycles. The summed E-state index contributed by atoms with van der Waals surface area (Å²) >= 11 is 6.21. The number of halogens is 1. The minimum atomic E-state index is 0.280. The highest BCUT2D eigenvalue weighted by Gasteiger charge is 2.07. The van der Waals surface area contributed by atoms with Gasteiger partial charge in [0, 0.05) is 5.38 Å². The lowest BCUT2D eigenvalue weighted by atomic mass is 10.0. The summed E-state index contributed by atoms with van der Waals surface area (Å²) in [5.74, 6) is 0.686. The molecule has 0 spiro atoms. The summed E-state index contributed by atoms with van der Waals surface area (Å²) in [6, 6.07) is 10.4. The van der Waals surface area contributed by atoms with Crippen LogP contribution in [0.4, 0.5) is 0 Å². The van der Waals surface area contributed by atoms with E-state index in [-0.39, 0.29) is 5.38 Å². The lowest BCUT2D eigenvalue weighted by Gasteiger charge is -2.11. The summed E-state index contributed by atoms with van der Waals surface area (Å²) in [7, 11) is 0. The quantitative estimate of drug-likeness (QED) is 0.642. The Morgan fingerprint density at radius 2 is 1.77 bits per heavy atom. The van der Waals surface area contributed by atoms with Crippen molar-refractivity contribution in [3.63, 3.8) is 0 Å². The van der Waals surface area contributed by atoms with Gasteiger partial charge in [-0.25, -0.2) is 0 Å². The summed E-state index contributed by atoms with van der Waals surface area (Å²) in [5.41, 5.74) is 1.34. The van der Waals surface area contributed by atoms with Crippen LogP contribution in [-0.4, -0.2) is 5.38 Å². The molecule has 0 heterocycles. The molecule has 0 N–H and O–H groups in total. The molecule has 0 aliphatic carbocycles. The molecular weight excluding hydrogens is 180 g/mol. The zero-order valence-corrected chi connectivity index (χ0v) is 9.09. The predicted octanol–water partition coefficient (Wildman–Crippen LogP) is 3.88. The second-order valence-corrected chi connectivity index (χ2v) is 4.53. The normalized spacial score (nSPS) is 13.2. The van der Waals surface area contributed by atoms with Crippen LogP contribution in [0.25, 0.3) is 0 Å². The third-order valence-corrected chi connectivity index (χ3v) is 2.36. The van der Waals surface area contributed by atoms with Crippen molar-refractivity contribution in [1.29, 1.82) is 0 Å². The smallest absolute Gasteiger partial charge is 0.0378 e. The van der Waals surface area contributed by atoms with Gasteiger partial charge in [-0.1, -0.05) is 44.2 Å². The maximum atomic E-state index is 6.21. The van der Waals surface area contributed by atoms with E-state index in [1.165, 1.54) is 5.56 Å². The van der Waals surface area contributed by atoms with Gasteiger partial charge in [0.05, 0.1) is 0 Å². The van der Waals surface area contributed by atoms with Crippen molar-refractivity contribution in [2.24, 2.45) is 5.92 Å². The van der Waals surface area contributed by atoms with Crippen LogP contribution in [0.2, 0.25) is 0 Å². The molecule has 0 amide bonds. The first kappa shape index (κ1) is 10.6. The van der Waals surface area contributed by atoms with E-state index in [4.69, 9.17) is 11.6 Å². The number of alkyl halides is 1. The minimum Gasteiger partial charge on any atom is -0.123 e. The van der Waals surface area contributed by atoms with Gasteiger partial charge in [-0.2, -0.15) is 0 Å². The molecule has 1 atom stereocenters. The fourth-order valence-electron chi connectivity index (χ4n) is 1.46. The maximum Gasteiger partial charge on any atom is 0.0378 e. The van der Waals surface area contributed by atoms with E-state index in [9.17, 15) is 0 Å². The zero-order valence-electron chi connectivity index (χ0n) is 8.33. The molecule has 0 radical (unpaired) electrons. The average Bonchev–Trinajstić information content (AvgIpc) is 2.04.